The number of fused-ring (bicyclic) bond motifs is 1. The van der Waals surface area contributed by atoms with Gasteiger partial charge in [-0.15, -0.1) is 11.3 Å². The van der Waals surface area contributed by atoms with Gasteiger partial charge in [0.15, 0.2) is 0 Å². The fraction of sp³-hybridized carbons (Fsp3) is 0.731. The number of thioether (sulfide) groups is 1. The van der Waals surface area contributed by atoms with Crippen LogP contribution in [0.4, 0.5) is 0 Å². The van der Waals surface area contributed by atoms with Crippen LogP contribution in [-0.4, -0.2) is 39.1 Å². The molecule has 5 fully saturated rings. The highest BCUT2D eigenvalue weighted by Gasteiger charge is 2.53. The van der Waals surface area contributed by atoms with Crippen LogP contribution in [0.3, 0.4) is 0 Å². The first-order chi connectivity index (χ1) is 15.4. The molecule has 0 N–H and O–H groups in total. The molecule has 2 aromatic rings. The predicted molar refractivity (Wildman–Crippen MR) is 132 cm³/mol. The SMILES string of the molecule is Cc1sc2nc(C34CC5CC(CC(C5)C3)C4)nc(SCC(=O)N3CCCC[C@H]3C)c2c1C. The van der Waals surface area contributed by atoms with E-state index in [1.807, 2.05) is 11.3 Å². The van der Waals surface area contributed by atoms with E-state index in [2.05, 4.69) is 25.7 Å². The van der Waals surface area contributed by atoms with Crippen LogP contribution in [0.5, 0.6) is 0 Å². The largest absolute Gasteiger partial charge is 0.339 e. The van der Waals surface area contributed by atoms with Gasteiger partial charge in [0.25, 0.3) is 0 Å². The molecule has 4 bridgehead atoms. The Hall–Kier alpha value is -1.14. The number of piperidine rings is 1. The zero-order chi connectivity index (χ0) is 22.0. The minimum atomic E-state index is 0.190. The van der Waals surface area contributed by atoms with Gasteiger partial charge in [-0.05, 0) is 102 Å². The van der Waals surface area contributed by atoms with Crippen molar-refractivity contribution in [1.29, 1.82) is 0 Å². The number of hydrogen-bond acceptors (Lipinski definition) is 5. The molecule has 0 radical (unpaired) electrons. The molecule has 2 aromatic heterocycles. The van der Waals surface area contributed by atoms with E-state index in [4.69, 9.17) is 9.97 Å². The molecule has 6 heteroatoms. The van der Waals surface area contributed by atoms with E-state index in [-0.39, 0.29) is 11.3 Å². The molecule has 1 atom stereocenters. The average molecular weight is 470 g/mol. The Kier molecular flexibility index (Phi) is 5.33. The minimum absolute atomic E-state index is 0.190. The fourth-order valence-electron chi connectivity index (χ4n) is 7.62. The molecule has 4 saturated carbocycles. The Balaban J connectivity index is 1.34. The van der Waals surface area contributed by atoms with Crippen LogP contribution < -0.4 is 0 Å². The van der Waals surface area contributed by atoms with Crippen molar-refractivity contribution in [3.63, 3.8) is 0 Å². The second kappa shape index (κ2) is 7.97. The molecule has 0 unspecified atom stereocenters. The van der Waals surface area contributed by atoms with E-state index >= 15 is 0 Å². The molecule has 4 aliphatic carbocycles. The number of carbonyl (C=O) groups excluding carboxylic acids is 1. The Morgan fingerprint density at radius 1 is 1.09 bits per heavy atom. The lowest BCUT2D eigenvalue weighted by molar-refractivity contribution is -0.131. The standard InChI is InChI=1S/C26H35N3OS2/c1-15-6-4-5-7-29(15)21(30)14-31-23-22-16(2)17(3)32-24(22)28-25(27-23)26-11-18-8-19(12-26)10-20(9-18)13-26/h15,18-20H,4-14H2,1-3H3/t15-,18?,19?,20?,26?/m1/s1. The van der Waals surface area contributed by atoms with Crippen LogP contribution in [0.15, 0.2) is 5.03 Å². The van der Waals surface area contributed by atoms with Gasteiger partial charge in [0.2, 0.25) is 5.91 Å². The lowest BCUT2D eigenvalue weighted by Gasteiger charge is -2.56. The Labute approximate surface area is 200 Å². The topological polar surface area (TPSA) is 46.1 Å². The predicted octanol–water partition coefficient (Wildman–Crippen LogP) is 6.27. The Morgan fingerprint density at radius 2 is 1.78 bits per heavy atom. The number of nitrogens with zero attached hydrogens (tertiary/aromatic N) is 3. The van der Waals surface area contributed by atoms with E-state index in [1.54, 1.807) is 11.8 Å². The van der Waals surface area contributed by atoms with Gasteiger partial charge in [0.1, 0.15) is 15.7 Å². The molecule has 7 rings (SSSR count). The van der Waals surface area contributed by atoms with E-state index in [1.165, 1.54) is 60.8 Å². The number of likely N-dealkylation sites (tertiary alicyclic amines) is 1. The van der Waals surface area contributed by atoms with Gasteiger partial charge in [0.05, 0.1) is 5.75 Å². The summed E-state index contributed by atoms with van der Waals surface area (Å²) in [7, 11) is 0. The summed E-state index contributed by atoms with van der Waals surface area (Å²) >= 11 is 3.48. The molecular weight excluding hydrogens is 434 g/mol. The monoisotopic (exact) mass is 469 g/mol. The summed E-state index contributed by atoms with van der Waals surface area (Å²) in [4.78, 5) is 28.2. The molecule has 0 aromatic carbocycles. The molecule has 1 aliphatic heterocycles. The number of aromatic nitrogens is 2. The maximum absolute atomic E-state index is 13.1. The molecule has 172 valence electrons. The van der Waals surface area contributed by atoms with Crippen molar-refractivity contribution in [2.24, 2.45) is 17.8 Å². The average Bonchev–Trinajstić information content (AvgIpc) is 3.05. The smallest absolute Gasteiger partial charge is 0.233 e. The summed E-state index contributed by atoms with van der Waals surface area (Å²) < 4.78 is 0. The zero-order valence-electron chi connectivity index (χ0n) is 19.7. The van der Waals surface area contributed by atoms with E-state index in [9.17, 15) is 4.79 Å². The van der Waals surface area contributed by atoms with Crippen molar-refractivity contribution in [1.82, 2.24) is 14.9 Å². The van der Waals surface area contributed by atoms with Crippen molar-refractivity contribution in [2.75, 3.05) is 12.3 Å². The number of rotatable bonds is 4. The third-order valence-electron chi connectivity index (χ3n) is 8.96. The first-order valence-electron chi connectivity index (χ1n) is 12.6. The molecular formula is C26H35N3OS2. The van der Waals surface area contributed by atoms with Gasteiger partial charge in [-0.3, -0.25) is 4.79 Å². The lowest BCUT2D eigenvalue weighted by atomic mass is 9.49. The first kappa shape index (κ1) is 21.4. The zero-order valence-corrected chi connectivity index (χ0v) is 21.3. The molecule has 1 amide bonds. The van der Waals surface area contributed by atoms with Crippen LogP contribution in [0.25, 0.3) is 10.2 Å². The van der Waals surface area contributed by atoms with Gasteiger partial charge in [-0.25, -0.2) is 9.97 Å². The number of carbonyl (C=O) groups is 1. The van der Waals surface area contributed by atoms with Crippen molar-refractivity contribution in [3.8, 4) is 0 Å². The summed E-state index contributed by atoms with van der Waals surface area (Å²) in [5.41, 5.74) is 1.48. The van der Waals surface area contributed by atoms with Crippen LogP contribution in [0.2, 0.25) is 0 Å². The lowest BCUT2D eigenvalue weighted by Crippen LogP contribution is -2.49. The van der Waals surface area contributed by atoms with Crippen molar-refractivity contribution in [2.45, 2.75) is 95.0 Å². The van der Waals surface area contributed by atoms with Crippen molar-refractivity contribution in [3.05, 3.63) is 16.3 Å². The van der Waals surface area contributed by atoms with Gasteiger partial charge in [-0.2, -0.15) is 0 Å². The maximum Gasteiger partial charge on any atom is 0.233 e. The van der Waals surface area contributed by atoms with Gasteiger partial charge in [-0.1, -0.05) is 11.8 Å². The van der Waals surface area contributed by atoms with Gasteiger partial charge >= 0.3 is 0 Å². The molecule has 3 heterocycles. The fourth-order valence-corrected chi connectivity index (χ4v) is 9.69. The summed E-state index contributed by atoms with van der Waals surface area (Å²) in [5, 5.41) is 2.26. The highest BCUT2D eigenvalue weighted by molar-refractivity contribution is 8.00. The molecule has 1 saturated heterocycles. The number of hydrogen-bond donors (Lipinski definition) is 0. The molecule has 32 heavy (non-hydrogen) atoms. The summed E-state index contributed by atoms with van der Waals surface area (Å²) in [6.07, 6.45) is 11.7. The van der Waals surface area contributed by atoms with E-state index in [0.29, 0.717) is 11.8 Å². The van der Waals surface area contributed by atoms with Crippen LogP contribution in [-0.2, 0) is 10.2 Å². The molecule has 5 aliphatic rings. The van der Waals surface area contributed by atoms with Crippen LogP contribution >= 0.6 is 23.1 Å². The quantitative estimate of drug-likeness (QED) is 0.391. The maximum atomic E-state index is 13.1. The molecule has 4 nitrogen and oxygen atoms in total. The summed E-state index contributed by atoms with van der Waals surface area (Å²) in [6, 6.07) is 0.370. The van der Waals surface area contributed by atoms with Gasteiger partial charge in [0, 0.05) is 28.3 Å². The number of amides is 1. The Bertz CT molecular complexity index is 1030. The van der Waals surface area contributed by atoms with E-state index in [0.717, 1.165) is 52.8 Å². The van der Waals surface area contributed by atoms with Crippen molar-refractivity contribution < 1.29 is 4.79 Å². The minimum Gasteiger partial charge on any atom is -0.339 e. The van der Waals surface area contributed by atoms with Gasteiger partial charge < -0.3 is 4.90 Å². The second-order valence-corrected chi connectivity index (χ2v) is 13.4. The first-order valence-corrected chi connectivity index (χ1v) is 14.4. The Morgan fingerprint density at radius 3 is 2.44 bits per heavy atom. The van der Waals surface area contributed by atoms with Crippen molar-refractivity contribution >= 4 is 39.2 Å². The highest BCUT2D eigenvalue weighted by Crippen LogP contribution is 2.60. The summed E-state index contributed by atoms with van der Waals surface area (Å²) in [5.74, 6) is 4.51. The normalized spacial score (nSPS) is 33.9. The number of thiophene rings is 1. The highest BCUT2D eigenvalue weighted by atomic mass is 32.2. The summed E-state index contributed by atoms with van der Waals surface area (Å²) in [6.45, 7) is 7.50. The van der Waals surface area contributed by atoms with Crippen LogP contribution in [0, 0.1) is 31.6 Å². The molecule has 0 spiro atoms. The third kappa shape index (κ3) is 3.51. The third-order valence-corrected chi connectivity index (χ3v) is 11.0. The second-order valence-electron chi connectivity index (χ2n) is 11.2. The van der Waals surface area contributed by atoms with E-state index < -0.39 is 0 Å². The van der Waals surface area contributed by atoms with Crippen LogP contribution in [0.1, 0.15) is 81.0 Å². The number of aryl methyl sites for hydroxylation is 2.